The minimum Gasteiger partial charge on any atom is -0.363 e. The van der Waals surface area contributed by atoms with Crippen molar-refractivity contribution >= 4 is 34.3 Å². The van der Waals surface area contributed by atoms with Crippen LogP contribution in [0.3, 0.4) is 0 Å². The molecule has 0 radical (unpaired) electrons. The molecule has 0 aliphatic heterocycles. The topological polar surface area (TPSA) is 93.7 Å². The Bertz CT molecular complexity index is 1270. The van der Waals surface area contributed by atoms with Crippen molar-refractivity contribution in [3.8, 4) is 10.4 Å². The number of nitrogens with zero attached hydrogens (tertiary/aromatic N) is 4. The Morgan fingerprint density at radius 3 is 2.71 bits per heavy atom. The highest BCUT2D eigenvalue weighted by molar-refractivity contribution is 7.15. The molecule has 0 amide bonds. The van der Waals surface area contributed by atoms with Crippen molar-refractivity contribution in [2.24, 2.45) is 5.73 Å². The lowest BCUT2D eigenvalue weighted by atomic mass is 9.92. The average Bonchev–Trinajstić information content (AvgIpc) is 3.46. The molecule has 0 bridgehead atoms. The molecule has 0 spiro atoms. The standard InChI is InChI=1S/C26H33N7S/c1-16(2)33-15-29-23-24(31-26(32-25(23)33)30-20-9-7-19(27)8-10-20)28-14-21-11-12-22(34-21)18-6-4-5-17(3)13-18/h4-6,11-13,15-16,19-20H,7-10,14,27H2,1-3H3,(H2,28,30,31,32). The van der Waals surface area contributed by atoms with Gasteiger partial charge in [0.15, 0.2) is 17.0 Å². The summed E-state index contributed by atoms with van der Waals surface area (Å²) < 4.78 is 2.10. The number of imidazole rings is 1. The molecule has 4 aromatic rings. The summed E-state index contributed by atoms with van der Waals surface area (Å²) >= 11 is 1.80. The second-order valence-electron chi connectivity index (χ2n) is 9.56. The van der Waals surface area contributed by atoms with Gasteiger partial charge in [-0.25, -0.2) is 4.98 Å². The Morgan fingerprint density at radius 2 is 1.94 bits per heavy atom. The van der Waals surface area contributed by atoms with E-state index in [1.807, 2.05) is 6.33 Å². The molecule has 0 unspecified atom stereocenters. The first-order valence-electron chi connectivity index (χ1n) is 12.1. The van der Waals surface area contributed by atoms with Gasteiger partial charge in [-0.3, -0.25) is 0 Å². The van der Waals surface area contributed by atoms with E-state index in [1.54, 1.807) is 11.3 Å². The Balaban J connectivity index is 1.38. The van der Waals surface area contributed by atoms with E-state index in [1.165, 1.54) is 20.9 Å². The molecule has 3 aromatic heterocycles. The molecule has 1 aromatic carbocycles. The fourth-order valence-electron chi connectivity index (χ4n) is 4.53. The van der Waals surface area contributed by atoms with E-state index in [4.69, 9.17) is 15.7 Å². The molecular formula is C26H33N7S. The van der Waals surface area contributed by atoms with Gasteiger partial charge in [0, 0.05) is 27.9 Å². The average molecular weight is 476 g/mol. The van der Waals surface area contributed by atoms with E-state index in [0.717, 1.165) is 42.7 Å². The van der Waals surface area contributed by atoms with Crippen LogP contribution in [0.4, 0.5) is 11.8 Å². The molecule has 1 saturated carbocycles. The minimum absolute atomic E-state index is 0.266. The zero-order valence-electron chi connectivity index (χ0n) is 20.1. The molecule has 8 heteroatoms. The lowest BCUT2D eigenvalue weighted by Gasteiger charge is -2.27. The first kappa shape index (κ1) is 22.8. The second-order valence-corrected chi connectivity index (χ2v) is 10.7. The van der Waals surface area contributed by atoms with E-state index in [9.17, 15) is 0 Å². The normalized spacial score (nSPS) is 18.5. The number of aryl methyl sites for hydroxylation is 1. The molecule has 0 atom stereocenters. The predicted octanol–water partition coefficient (Wildman–Crippen LogP) is 5.74. The number of fused-ring (bicyclic) bond motifs is 1. The van der Waals surface area contributed by atoms with Gasteiger partial charge in [0.05, 0.1) is 12.9 Å². The lowest BCUT2D eigenvalue weighted by molar-refractivity contribution is 0.410. The van der Waals surface area contributed by atoms with Gasteiger partial charge in [-0.15, -0.1) is 11.3 Å². The Morgan fingerprint density at radius 1 is 1.12 bits per heavy atom. The number of nitrogens with two attached hydrogens (primary N) is 1. The van der Waals surface area contributed by atoms with Gasteiger partial charge >= 0.3 is 0 Å². The highest BCUT2D eigenvalue weighted by Crippen LogP contribution is 2.30. The van der Waals surface area contributed by atoms with Crippen molar-refractivity contribution in [3.63, 3.8) is 0 Å². The molecule has 7 nitrogen and oxygen atoms in total. The van der Waals surface area contributed by atoms with Crippen molar-refractivity contribution in [1.82, 2.24) is 19.5 Å². The highest BCUT2D eigenvalue weighted by Gasteiger charge is 2.21. The third-order valence-electron chi connectivity index (χ3n) is 6.48. The summed E-state index contributed by atoms with van der Waals surface area (Å²) in [7, 11) is 0. The van der Waals surface area contributed by atoms with Crippen LogP contribution in [0, 0.1) is 6.92 Å². The molecule has 0 saturated heterocycles. The van der Waals surface area contributed by atoms with Crippen LogP contribution in [0.2, 0.25) is 0 Å². The first-order chi connectivity index (χ1) is 16.5. The van der Waals surface area contributed by atoms with Gasteiger partial charge < -0.3 is 20.9 Å². The van der Waals surface area contributed by atoms with Crippen molar-refractivity contribution in [3.05, 3.63) is 53.2 Å². The SMILES string of the molecule is Cc1cccc(-c2ccc(CNc3nc(NC4CCC(N)CC4)nc4c3ncn4C(C)C)s2)c1. The Hall–Kier alpha value is -2.97. The molecule has 178 valence electrons. The molecule has 3 heterocycles. The summed E-state index contributed by atoms with van der Waals surface area (Å²) in [5, 5.41) is 7.10. The van der Waals surface area contributed by atoms with Gasteiger partial charge in [-0.2, -0.15) is 9.97 Å². The fourth-order valence-corrected chi connectivity index (χ4v) is 5.47. The molecule has 5 rings (SSSR count). The largest absolute Gasteiger partial charge is 0.363 e. The van der Waals surface area contributed by atoms with Crippen molar-refractivity contribution < 1.29 is 0 Å². The van der Waals surface area contributed by atoms with Gasteiger partial charge in [0.2, 0.25) is 5.95 Å². The van der Waals surface area contributed by atoms with Crippen molar-refractivity contribution in [2.45, 2.75) is 71.1 Å². The molecule has 1 aliphatic rings. The maximum Gasteiger partial charge on any atom is 0.227 e. The number of thiophene rings is 1. The van der Waals surface area contributed by atoms with E-state index in [2.05, 4.69) is 77.4 Å². The van der Waals surface area contributed by atoms with Gasteiger partial charge in [-0.1, -0.05) is 29.8 Å². The number of benzene rings is 1. The molecule has 4 N–H and O–H groups in total. The number of rotatable bonds is 7. The smallest absolute Gasteiger partial charge is 0.227 e. The van der Waals surface area contributed by atoms with E-state index < -0.39 is 0 Å². The number of nitrogens with one attached hydrogen (secondary N) is 2. The zero-order chi connectivity index (χ0) is 23.7. The summed E-state index contributed by atoms with van der Waals surface area (Å²) in [4.78, 5) is 16.9. The zero-order valence-corrected chi connectivity index (χ0v) is 20.9. The lowest BCUT2D eigenvalue weighted by Crippen LogP contribution is -2.33. The molecule has 34 heavy (non-hydrogen) atoms. The predicted molar refractivity (Wildman–Crippen MR) is 141 cm³/mol. The number of anilines is 2. The molecular weight excluding hydrogens is 442 g/mol. The van der Waals surface area contributed by atoms with Crippen molar-refractivity contribution in [2.75, 3.05) is 10.6 Å². The summed E-state index contributed by atoms with van der Waals surface area (Å²) in [5.41, 5.74) is 10.3. The number of hydrogen-bond donors (Lipinski definition) is 3. The van der Waals surface area contributed by atoms with Gasteiger partial charge in [0.25, 0.3) is 0 Å². The highest BCUT2D eigenvalue weighted by atomic mass is 32.1. The van der Waals surface area contributed by atoms with E-state index in [0.29, 0.717) is 24.6 Å². The Labute approximate surface area is 204 Å². The third kappa shape index (κ3) is 4.93. The van der Waals surface area contributed by atoms with Crippen LogP contribution in [0.5, 0.6) is 0 Å². The summed E-state index contributed by atoms with van der Waals surface area (Å²) in [6, 6.07) is 14.0. The first-order valence-corrected chi connectivity index (χ1v) is 12.9. The molecule has 1 fully saturated rings. The van der Waals surface area contributed by atoms with Gasteiger partial charge in [0.1, 0.15) is 0 Å². The number of hydrogen-bond acceptors (Lipinski definition) is 7. The Kier molecular flexibility index (Phi) is 6.52. The maximum absolute atomic E-state index is 6.09. The van der Waals surface area contributed by atoms with Crippen molar-refractivity contribution in [1.29, 1.82) is 0 Å². The molecule has 1 aliphatic carbocycles. The fraction of sp³-hybridized carbons (Fsp3) is 0.423. The van der Waals surface area contributed by atoms with Crippen LogP contribution in [0.25, 0.3) is 21.6 Å². The third-order valence-corrected chi connectivity index (χ3v) is 7.61. The monoisotopic (exact) mass is 475 g/mol. The second kappa shape index (κ2) is 9.72. The van der Waals surface area contributed by atoms with Crippen LogP contribution >= 0.6 is 11.3 Å². The van der Waals surface area contributed by atoms with Crippen LogP contribution in [-0.4, -0.2) is 31.6 Å². The summed E-state index contributed by atoms with van der Waals surface area (Å²) in [5.74, 6) is 1.43. The van der Waals surface area contributed by atoms with Crippen LogP contribution in [0.15, 0.2) is 42.7 Å². The summed E-state index contributed by atoms with van der Waals surface area (Å²) in [6.45, 7) is 7.10. The van der Waals surface area contributed by atoms with E-state index in [-0.39, 0.29) is 6.04 Å². The minimum atomic E-state index is 0.266. The van der Waals surface area contributed by atoms with Crippen LogP contribution in [-0.2, 0) is 6.54 Å². The number of aromatic nitrogens is 4. The van der Waals surface area contributed by atoms with E-state index >= 15 is 0 Å². The maximum atomic E-state index is 6.09. The van der Waals surface area contributed by atoms with Crippen LogP contribution < -0.4 is 16.4 Å². The van der Waals surface area contributed by atoms with Gasteiger partial charge in [-0.05, 0) is 64.2 Å². The van der Waals surface area contributed by atoms with Crippen LogP contribution in [0.1, 0.15) is 56.0 Å². The quantitative estimate of drug-likeness (QED) is 0.316. The summed E-state index contributed by atoms with van der Waals surface area (Å²) in [6.07, 6.45) is 6.03.